The lowest BCUT2D eigenvalue weighted by Gasteiger charge is -2.10. The van der Waals surface area contributed by atoms with Crippen LogP contribution in [0.4, 0.5) is 0 Å². The Morgan fingerprint density at radius 3 is 2.76 bits per heavy atom. The average Bonchev–Trinajstić information content (AvgIpc) is 3.08. The van der Waals surface area contributed by atoms with Crippen molar-refractivity contribution in [3.63, 3.8) is 0 Å². The molecule has 1 heterocycles. The number of amides is 1. The number of hydrogen-bond acceptors (Lipinski definition) is 5. The minimum atomic E-state index is -3.75. The number of rotatable bonds is 9. The van der Waals surface area contributed by atoms with Crippen molar-refractivity contribution in [1.29, 1.82) is 0 Å². The third-order valence-corrected chi connectivity index (χ3v) is 5.47. The molecule has 2 rings (SSSR count). The van der Waals surface area contributed by atoms with Gasteiger partial charge < -0.3 is 10.1 Å². The Balaban J connectivity index is 1.74. The second kappa shape index (κ2) is 9.07. The summed E-state index contributed by atoms with van der Waals surface area (Å²) in [5, 5.41) is 2.76. The van der Waals surface area contributed by atoms with E-state index >= 15 is 0 Å². The molecule has 0 radical (unpaired) electrons. The van der Waals surface area contributed by atoms with E-state index in [0.717, 1.165) is 25.9 Å². The fraction of sp³-hybridized carbons (Fsp3) is 0.529. The number of carbonyl (C=O) groups excluding carboxylic acids is 2. The normalized spacial score (nSPS) is 17.4. The summed E-state index contributed by atoms with van der Waals surface area (Å²) in [6.07, 6.45) is 3.12. The Morgan fingerprint density at radius 2 is 2.08 bits per heavy atom. The van der Waals surface area contributed by atoms with Crippen LogP contribution in [0.1, 0.15) is 43.0 Å². The van der Waals surface area contributed by atoms with Gasteiger partial charge in [-0.1, -0.05) is 12.1 Å². The molecule has 0 bridgehead atoms. The molecule has 138 valence electrons. The number of hydrogen-bond donors (Lipinski definition) is 2. The van der Waals surface area contributed by atoms with Crippen LogP contribution in [0.25, 0.3) is 0 Å². The molecule has 0 aromatic heterocycles. The van der Waals surface area contributed by atoms with Crippen molar-refractivity contribution in [2.75, 3.05) is 19.7 Å². The predicted molar refractivity (Wildman–Crippen MR) is 92.9 cm³/mol. The molecular formula is C17H24N2O5S. The summed E-state index contributed by atoms with van der Waals surface area (Å²) >= 11 is 0. The van der Waals surface area contributed by atoms with E-state index < -0.39 is 10.0 Å². The molecule has 1 saturated heterocycles. The molecule has 7 nitrogen and oxygen atoms in total. The van der Waals surface area contributed by atoms with Crippen LogP contribution < -0.4 is 10.0 Å². The van der Waals surface area contributed by atoms with E-state index in [0.29, 0.717) is 12.1 Å². The fourth-order valence-corrected chi connectivity index (χ4v) is 3.67. The van der Waals surface area contributed by atoms with E-state index in [1.165, 1.54) is 25.1 Å². The molecule has 1 aliphatic rings. The van der Waals surface area contributed by atoms with Crippen LogP contribution in [0.5, 0.6) is 0 Å². The van der Waals surface area contributed by atoms with Gasteiger partial charge in [-0.05, 0) is 38.3 Å². The monoisotopic (exact) mass is 368 g/mol. The first-order chi connectivity index (χ1) is 11.9. The highest BCUT2D eigenvalue weighted by atomic mass is 32.2. The standard InChI is InChI=1S/C17H24N2O5S/c1-13(20)14-4-2-6-16(12-14)25(22,23)19-10-8-17(21)18-9-7-15-5-3-11-24-15/h2,4,6,12,15,19H,3,5,7-11H2,1H3,(H,18,21). The first-order valence-corrected chi connectivity index (χ1v) is 9.86. The van der Waals surface area contributed by atoms with Crippen molar-refractivity contribution in [1.82, 2.24) is 10.0 Å². The minimum absolute atomic E-state index is 0.00159. The highest BCUT2D eigenvalue weighted by Crippen LogP contribution is 2.14. The lowest BCUT2D eigenvalue weighted by molar-refractivity contribution is -0.121. The molecular weight excluding hydrogens is 344 g/mol. The third-order valence-electron chi connectivity index (χ3n) is 4.01. The molecule has 1 fully saturated rings. The number of ketones is 1. The summed E-state index contributed by atoms with van der Waals surface area (Å²) < 4.78 is 32.3. The first kappa shape index (κ1) is 19.6. The Morgan fingerprint density at radius 1 is 1.28 bits per heavy atom. The van der Waals surface area contributed by atoms with Crippen LogP contribution in [0.15, 0.2) is 29.2 Å². The largest absolute Gasteiger partial charge is 0.378 e. The maximum atomic E-state index is 12.2. The van der Waals surface area contributed by atoms with E-state index in [1.54, 1.807) is 6.07 Å². The second-order valence-electron chi connectivity index (χ2n) is 6.01. The van der Waals surface area contributed by atoms with Crippen molar-refractivity contribution in [3.05, 3.63) is 29.8 Å². The Kier molecular flexibility index (Phi) is 7.10. The van der Waals surface area contributed by atoms with E-state index in [4.69, 9.17) is 4.74 Å². The number of sulfonamides is 1. The molecule has 1 aliphatic heterocycles. The van der Waals surface area contributed by atoms with Gasteiger partial charge in [0.15, 0.2) is 5.78 Å². The van der Waals surface area contributed by atoms with Gasteiger partial charge in [-0.25, -0.2) is 13.1 Å². The summed E-state index contributed by atoms with van der Waals surface area (Å²) in [5.41, 5.74) is 0.328. The SMILES string of the molecule is CC(=O)c1cccc(S(=O)(=O)NCCC(=O)NCCC2CCCO2)c1. The van der Waals surface area contributed by atoms with Crippen LogP contribution in [-0.2, 0) is 19.6 Å². The number of Topliss-reactive ketones (excluding diaryl/α,β-unsaturated/α-hetero) is 1. The van der Waals surface area contributed by atoms with Gasteiger partial charge in [0.1, 0.15) is 0 Å². The van der Waals surface area contributed by atoms with Crippen LogP contribution >= 0.6 is 0 Å². The lowest BCUT2D eigenvalue weighted by atomic mass is 10.2. The second-order valence-corrected chi connectivity index (χ2v) is 7.77. The Bertz CT molecular complexity index is 712. The predicted octanol–water partition coefficient (Wildman–Crippen LogP) is 1.24. The zero-order valence-electron chi connectivity index (χ0n) is 14.3. The van der Waals surface area contributed by atoms with Crippen molar-refractivity contribution in [2.45, 2.75) is 43.6 Å². The fourth-order valence-electron chi connectivity index (χ4n) is 2.60. The molecule has 25 heavy (non-hydrogen) atoms. The van der Waals surface area contributed by atoms with Gasteiger partial charge in [-0.3, -0.25) is 9.59 Å². The summed E-state index contributed by atoms with van der Waals surface area (Å²) in [4.78, 5) is 23.1. The summed E-state index contributed by atoms with van der Waals surface area (Å²) in [7, 11) is -3.75. The Labute approximate surface area is 148 Å². The Hall–Kier alpha value is -1.77. The quantitative estimate of drug-likeness (QED) is 0.639. The third kappa shape index (κ3) is 6.22. The van der Waals surface area contributed by atoms with E-state index in [1.807, 2.05) is 0 Å². The number of ether oxygens (including phenoxy) is 1. The van der Waals surface area contributed by atoms with E-state index in [9.17, 15) is 18.0 Å². The average molecular weight is 368 g/mol. The van der Waals surface area contributed by atoms with Gasteiger partial charge >= 0.3 is 0 Å². The zero-order valence-corrected chi connectivity index (χ0v) is 15.1. The van der Waals surface area contributed by atoms with Gasteiger partial charge in [0.05, 0.1) is 11.0 Å². The summed E-state index contributed by atoms with van der Waals surface area (Å²) in [5.74, 6) is -0.416. The van der Waals surface area contributed by atoms with Crippen molar-refractivity contribution < 1.29 is 22.7 Å². The molecule has 0 spiro atoms. The van der Waals surface area contributed by atoms with Gasteiger partial charge in [-0.15, -0.1) is 0 Å². The van der Waals surface area contributed by atoms with Gasteiger partial charge in [-0.2, -0.15) is 0 Å². The molecule has 1 atom stereocenters. The van der Waals surface area contributed by atoms with Gasteiger partial charge in [0, 0.05) is 31.7 Å². The molecule has 0 aliphatic carbocycles. The van der Waals surface area contributed by atoms with Crippen molar-refractivity contribution in [2.24, 2.45) is 0 Å². The number of benzene rings is 1. The molecule has 1 amide bonds. The molecule has 0 saturated carbocycles. The summed E-state index contributed by atoms with van der Waals surface area (Å²) in [6.45, 7) is 2.68. The topological polar surface area (TPSA) is 102 Å². The first-order valence-electron chi connectivity index (χ1n) is 8.37. The van der Waals surface area contributed by atoms with Gasteiger partial charge in [0.2, 0.25) is 15.9 Å². The highest BCUT2D eigenvalue weighted by molar-refractivity contribution is 7.89. The molecule has 2 N–H and O–H groups in total. The lowest BCUT2D eigenvalue weighted by Crippen LogP contribution is -2.32. The molecule has 1 aromatic rings. The molecule has 1 aromatic carbocycles. The maximum Gasteiger partial charge on any atom is 0.240 e. The van der Waals surface area contributed by atoms with E-state index in [2.05, 4.69) is 10.0 Å². The van der Waals surface area contributed by atoms with Crippen LogP contribution in [-0.4, -0.2) is 45.9 Å². The van der Waals surface area contributed by atoms with Gasteiger partial charge in [0.25, 0.3) is 0 Å². The van der Waals surface area contributed by atoms with Crippen LogP contribution in [0, 0.1) is 0 Å². The van der Waals surface area contributed by atoms with Crippen LogP contribution in [0.2, 0.25) is 0 Å². The maximum absolute atomic E-state index is 12.2. The van der Waals surface area contributed by atoms with Crippen LogP contribution in [0.3, 0.4) is 0 Å². The number of nitrogens with one attached hydrogen (secondary N) is 2. The van der Waals surface area contributed by atoms with Crippen molar-refractivity contribution >= 4 is 21.7 Å². The van der Waals surface area contributed by atoms with Crippen molar-refractivity contribution in [3.8, 4) is 0 Å². The molecule has 8 heteroatoms. The highest BCUT2D eigenvalue weighted by Gasteiger charge is 2.17. The molecule has 1 unspecified atom stereocenters. The minimum Gasteiger partial charge on any atom is -0.378 e. The number of carbonyl (C=O) groups is 2. The smallest absolute Gasteiger partial charge is 0.240 e. The summed E-state index contributed by atoms with van der Waals surface area (Å²) in [6, 6.07) is 5.81. The zero-order chi connectivity index (χ0) is 18.3. The van der Waals surface area contributed by atoms with E-state index in [-0.39, 0.29) is 35.7 Å².